The minimum absolute atomic E-state index is 0.236. The lowest BCUT2D eigenvalue weighted by Gasteiger charge is -2.31. The van der Waals surface area contributed by atoms with Crippen LogP contribution in [0.3, 0.4) is 0 Å². The van der Waals surface area contributed by atoms with E-state index >= 15 is 0 Å². The van der Waals surface area contributed by atoms with Crippen molar-refractivity contribution < 1.29 is 15.9 Å². The average molecular weight is 452 g/mol. The fraction of sp³-hybridized carbons (Fsp3) is 0.200. The van der Waals surface area contributed by atoms with Crippen molar-refractivity contribution in [2.45, 2.75) is 38.5 Å². The molecular weight excluding hydrogens is 418 g/mol. The average Bonchev–Trinajstić information content (AvgIpc) is 2.85. The number of nitrogens with two attached hydrogens (primary N) is 2. The molecule has 5 N–H and O–H groups in total. The van der Waals surface area contributed by atoms with Crippen LogP contribution in [0.15, 0.2) is 102 Å². The van der Waals surface area contributed by atoms with Gasteiger partial charge in [-0.3, -0.25) is 5.41 Å². The Kier molecular flexibility index (Phi) is 6.36. The van der Waals surface area contributed by atoms with Gasteiger partial charge in [0.1, 0.15) is 0 Å². The Morgan fingerprint density at radius 3 is 1.88 bits per heavy atom. The molecule has 1 aliphatic carbocycles. The molecule has 0 aliphatic heterocycles. The van der Waals surface area contributed by atoms with Crippen molar-refractivity contribution in [3.05, 3.63) is 119 Å². The van der Waals surface area contributed by atoms with Crippen molar-refractivity contribution in [1.29, 1.82) is 0 Å². The van der Waals surface area contributed by atoms with Gasteiger partial charge in [0.2, 0.25) is 5.71 Å². The van der Waals surface area contributed by atoms with Crippen LogP contribution in [-0.4, -0.2) is 16.5 Å². The van der Waals surface area contributed by atoms with Crippen molar-refractivity contribution in [2.75, 3.05) is 0 Å². The second-order valence-corrected chi connectivity index (χ2v) is 9.76. The molecule has 0 atom stereocenters. The molecule has 0 saturated heterocycles. The van der Waals surface area contributed by atoms with E-state index in [1.807, 2.05) is 54.6 Å². The zero-order valence-corrected chi connectivity index (χ0v) is 20.3. The number of rotatable bonds is 6. The maximum atomic E-state index is 11.5. The third-order valence-corrected chi connectivity index (χ3v) is 6.80. The lowest BCUT2D eigenvalue weighted by atomic mass is 9.72. The van der Waals surface area contributed by atoms with Gasteiger partial charge in [0.15, 0.2) is 17.1 Å². The van der Waals surface area contributed by atoms with Crippen LogP contribution < -0.4 is 10.8 Å². The molecule has 1 aliphatic rings. The summed E-state index contributed by atoms with van der Waals surface area (Å²) < 4.78 is 0. The van der Waals surface area contributed by atoms with Gasteiger partial charge in [-0.05, 0) is 28.8 Å². The second-order valence-electron chi connectivity index (χ2n) is 9.76. The summed E-state index contributed by atoms with van der Waals surface area (Å²) in [5.41, 5.74) is 7.30. The number of allylic oxidation sites excluding steroid dienone is 4. The molecule has 4 rings (SSSR count). The minimum Gasteiger partial charge on any atom is -0.502 e. The van der Waals surface area contributed by atoms with Crippen LogP contribution in [0.5, 0.6) is 5.75 Å². The van der Waals surface area contributed by atoms with Gasteiger partial charge in [0, 0.05) is 28.5 Å². The molecule has 34 heavy (non-hydrogen) atoms. The number of aromatic hydroxyl groups is 1. The highest BCUT2D eigenvalue weighted by molar-refractivity contribution is 6.48. The highest BCUT2D eigenvalue weighted by atomic mass is 16.3. The fourth-order valence-corrected chi connectivity index (χ4v) is 4.37. The monoisotopic (exact) mass is 451 g/mol. The first kappa shape index (κ1) is 23.4. The first-order valence-electron chi connectivity index (χ1n) is 11.6. The summed E-state index contributed by atoms with van der Waals surface area (Å²) in [6.45, 7) is 8.72. The minimum atomic E-state index is -0.414. The zero-order chi connectivity index (χ0) is 24.3. The molecule has 3 aromatic rings. The third kappa shape index (κ3) is 4.50. The Balaban J connectivity index is 1.87. The summed E-state index contributed by atoms with van der Waals surface area (Å²) in [6, 6.07) is 24.9. The molecule has 3 aromatic carbocycles. The summed E-state index contributed by atoms with van der Waals surface area (Å²) in [5, 5.41) is 22.2. The first-order chi connectivity index (χ1) is 16.2. The topological polar surface area (TPSA) is 74.8 Å². The molecular formula is C30H33N3O+2. The first-order valence-corrected chi connectivity index (χ1v) is 11.6. The summed E-state index contributed by atoms with van der Waals surface area (Å²) in [5.74, 6) is 0.236. The Hall–Kier alpha value is -3.76. The van der Waals surface area contributed by atoms with E-state index in [2.05, 4.69) is 75.3 Å². The number of phenolic OH excluding ortho intramolecular Hbond substituents is 1. The van der Waals surface area contributed by atoms with Crippen molar-refractivity contribution >= 4 is 17.1 Å². The van der Waals surface area contributed by atoms with Gasteiger partial charge >= 0.3 is 0 Å². The lowest BCUT2D eigenvalue weighted by molar-refractivity contribution is -0.577. The van der Waals surface area contributed by atoms with Crippen LogP contribution in [0.4, 0.5) is 5.69 Å². The van der Waals surface area contributed by atoms with Crippen molar-refractivity contribution in [3.8, 4) is 5.75 Å². The highest BCUT2D eigenvalue weighted by Gasteiger charge is 2.33. The summed E-state index contributed by atoms with van der Waals surface area (Å²) >= 11 is 0. The smallest absolute Gasteiger partial charge is 0.228 e. The second kappa shape index (κ2) is 9.24. The number of phenols is 1. The summed E-state index contributed by atoms with van der Waals surface area (Å²) in [7, 11) is 0. The molecule has 0 fully saturated rings. The lowest BCUT2D eigenvalue weighted by Crippen LogP contribution is -2.72. The van der Waals surface area contributed by atoms with E-state index in [0.29, 0.717) is 17.1 Å². The Morgan fingerprint density at radius 2 is 1.29 bits per heavy atom. The van der Waals surface area contributed by atoms with Gasteiger partial charge in [0.05, 0.1) is 0 Å². The van der Waals surface area contributed by atoms with Gasteiger partial charge in [-0.2, -0.15) is 5.43 Å². The standard InChI is InChI=1S/C30H31N3O/c1-29(2,21-13-7-5-8-14-21)23-19-24(30(3,4)22-15-9-6-10-16-22)28(34)27(20-23)33-32-26-18-12-11-17-25(26)31/h5-20,31,33-34H,1-4H3/p+2. The molecule has 0 unspecified atom stereocenters. The van der Waals surface area contributed by atoms with Crippen LogP contribution in [0, 0.1) is 0 Å². The van der Waals surface area contributed by atoms with Gasteiger partial charge < -0.3 is 5.11 Å². The highest BCUT2D eigenvalue weighted by Crippen LogP contribution is 2.43. The van der Waals surface area contributed by atoms with Crippen molar-refractivity contribution in [3.63, 3.8) is 0 Å². The number of quaternary nitrogens is 1. The normalized spacial score (nSPS) is 15.2. The van der Waals surface area contributed by atoms with E-state index < -0.39 is 5.41 Å². The van der Waals surface area contributed by atoms with Crippen LogP contribution in [0.1, 0.15) is 49.9 Å². The van der Waals surface area contributed by atoms with Gasteiger partial charge in [-0.15, -0.1) is 0 Å². The predicted molar refractivity (Wildman–Crippen MR) is 139 cm³/mol. The number of hydrogen-bond donors (Lipinski definition) is 3. The van der Waals surface area contributed by atoms with Crippen LogP contribution in [0.25, 0.3) is 0 Å². The summed E-state index contributed by atoms with van der Waals surface area (Å²) in [4.78, 5) is 0. The van der Waals surface area contributed by atoms with Crippen molar-refractivity contribution in [1.82, 2.24) is 0 Å². The van der Waals surface area contributed by atoms with E-state index in [1.54, 1.807) is 5.43 Å². The van der Waals surface area contributed by atoms with Crippen LogP contribution >= 0.6 is 0 Å². The number of hydrogen-bond acceptors (Lipinski definition) is 2. The quantitative estimate of drug-likeness (QED) is 0.172. The molecule has 0 bridgehead atoms. The number of benzene rings is 3. The van der Waals surface area contributed by atoms with E-state index in [-0.39, 0.29) is 11.2 Å². The fourth-order valence-electron chi connectivity index (χ4n) is 4.37. The molecule has 0 spiro atoms. The SMILES string of the molecule is CC(C)(c1ccccc1)c1cc([NH2+]N=C2C=CC=CC2=[NH2+])c(O)c(C(C)(C)c2ccccc2)c1. The van der Waals surface area contributed by atoms with Gasteiger partial charge in [-0.1, -0.05) is 106 Å². The van der Waals surface area contributed by atoms with Crippen LogP contribution in [-0.2, 0) is 10.8 Å². The number of nitrogens with zero attached hydrogens (tertiary/aromatic N) is 1. The van der Waals surface area contributed by atoms with Crippen molar-refractivity contribution in [2.24, 2.45) is 5.10 Å². The maximum Gasteiger partial charge on any atom is 0.228 e. The van der Waals surface area contributed by atoms with Gasteiger partial charge in [-0.25, -0.2) is 0 Å². The van der Waals surface area contributed by atoms with E-state index in [4.69, 9.17) is 5.41 Å². The molecule has 4 nitrogen and oxygen atoms in total. The molecule has 0 saturated carbocycles. The van der Waals surface area contributed by atoms with E-state index in [0.717, 1.165) is 16.7 Å². The molecule has 0 radical (unpaired) electrons. The third-order valence-electron chi connectivity index (χ3n) is 6.80. The van der Waals surface area contributed by atoms with E-state index in [1.165, 1.54) is 5.56 Å². The largest absolute Gasteiger partial charge is 0.502 e. The van der Waals surface area contributed by atoms with Gasteiger partial charge in [0.25, 0.3) is 0 Å². The Morgan fingerprint density at radius 1 is 0.735 bits per heavy atom. The molecule has 172 valence electrons. The van der Waals surface area contributed by atoms with Crippen LogP contribution in [0.2, 0.25) is 0 Å². The summed E-state index contributed by atoms with van der Waals surface area (Å²) in [6.07, 6.45) is 7.48. The van der Waals surface area contributed by atoms with E-state index in [9.17, 15) is 5.11 Å². The Labute approximate surface area is 201 Å². The molecule has 0 aromatic heterocycles. The zero-order valence-electron chi connectivity index (χ0n) is 20.3. The maximum absolute atomic E-state index is 11.5. The Bertz CT molecular complexity index is 1280. The molecule has 4 heteroatoms. The molecule has 0 amide bonds. The predicted octanol–water partition coefficient (Wildman–Crippen LogP) is 3.92. The molecule has 0 heterocycles.